The Morgan fingerprint density at radius 2 is 1.92 bits per heavy atom. The van der Waals surface area contributed by atoms with Crippen LogP contribution >= 0.6 is 36.2 Å². The predicted molar refractivity (Wildman–Crippen MR) is 102 cm³/mol. The lowest BCUT2D eigenvalue weighted by molar-refractivity contribution is 0.429. The number of aryl methyl sites for hydroxylation is 2. The zero-order valence-corrected chi connectivity index (χ0v) is 16.7. The van der Waals surface area contributed by atoms with Gasteiger partial charge in [-0.15, -0.1) is 36.2 Å². The Balaban J connectivity index is 0.00000144. The second-order valence-electron chi connectivity index (χ2n) is 5.82. The van der Waals surface area contributed by atoms with Crippen molar-refractivity contribution in [2.24, 2.45) is 0 Å². The number of hydrogen-bond donors (Lipinski definition) is 1. The van der Waals surface area contributed by atoms with Crippen molar-refractivity contribution in [2.45, 2.75) is 52.6 Å². The molecular weight excluding hydrogens is 369 g/mol. The Kier molecular flexibility index (Phi) is 7.92. The van der Waals surface area contributed by atoms with Gasteiger partial charge < -0.3 is 5.32 Å². The maximum atomic E-state index is 12.6. The summed E-state index contributed by atoms with van der Waals surface area (Å²) in [4.78, 5) is 18.3. The van der Waals surface area contributed by atoms with Crippen LogP contribution in [0.5, 0.6) is 0 Å². The highest BCUT2D eigenvalue weighted by Gasteiger charge is 2.23. The fourth-order valence-electron chi connectivity index (χ4n) is 2.98. The first-order valence-electron chi connectivity index (χ1n) is 7.91. The molecule has 1 aliphatic heterocycles. The predicted octanol–water partition coefficient (Wildman–Crippen LogP) is 2.50. The van der Waals surface area contributed by atoms with Crippen molar-refractivity contribution >= 4 is 36.2 Å². The maximum Gasteiger partial charge on any atom is 0.346 e. The van der Waals surface area contributed by atoms with Gasteiger partial charge in [-0.25, -0.2) is 14.5 Å². The Hall–Kier alpha value is -0.890. The van der Waals surface area contributed by atoms with Crippen molar-refractivity contribution in [1.82, 2.24) is 24.6 Å². The van der Waals surface area contributed by atoms with Crippen LogP contribution in [-0.4, -0.2) is 32.4 Å². The van der Waals surface area contributed by atoms with E-state index in [1.54, 1.807) is 16.0 Å². The fourth-order valence-corrected chi connectivity index (χ4v) is 3.89. The summed E-state index contributed by atoms with van der Waals surface area (Å²) in [6.07, 6.45) is 2.10. The molecule has 0 aromatic carbocycles. The smallest absolute Gasteiger partial charge is 0.317 e. The van der Waals surface area contributed by atoms with Crippen LogP contribution < -0.4 is 11.0 Å². The minimum Gasteiger partial charge on any atom is -0.317 e. The molecule has 0 unspecified atom stereocenters. The van der Waals surface area contributed by atoms with Crippen LogP contribution in [0.1, 0.15) is 47.1 Å². The first-order valence-corrected chi connectivity index (χ1v) is 8.73. The van der Waals surface area contributed by atoms with Gasteiger partial charge in [0.05, 0.1) is 12.2 Å². The van der Waals surface area contributed by atoms with E-state index in [4.69, 9.17) is 0 Å². The van der Waals surface area contributed by atoms with Crippen LogP contribution in [-0.2, 0) is 13.1 Å². The van der Waals surface area contributed by atoms with Gasteiger partial charge in [-0.3, -0.25) is 4.57 Å². The van der Waals surface area contributed by atoms with E-state index in [1.165, 1.54) is 4.88 Å². The molecule has 9 heteroatoms. The molecule has 0 amide bonds. The van der Waals surface area contributed by atoms with E-state index < -0.39 is 0 Å². The van der Waals surface area contributed by atoms with E-state index in [1.807, 2.05) is 18.4 Å². The first-order chi connectivity index (χ1) is 10.6. The molecule has 0 bridgehead atoms. The van der Waals surface area contributed by atoms with Crippen molar-refractivity contribution in [1.29, 1.82) is 0 Å². The Bertz CT molecular complexity index is 699. The lowest BCUT2D eigenvalue weighted by Crippen LogP contribution is -2.29. The summed E-state index contributed by atoms with van der Waals surface area (Å²) in [6, 6.07) is 0. The van der Waals surface area contributed by atoms with E-state index in [2.05, 4.69) is 22.3 Å². The van der Waals surface area contributed by atoms with Gasteiger partial charge in [0.15, 0.2) is 0 Å². The normalized spacial score (nSPS) is 15.0. The van der Waals surface area contributed by atoms with Crippen LogP contribution in [0.25, 0.3) is 0 Å². The van der Waals surface area contributed by atoms with Crippen LogP contribution in [0.2, 0.25) is 0 Å². The molecule has 0 radical (unpaired) electrons. The van der Waals surface area contributed by atoms with E-state index in [-0.39, 0.29) is 30.5 Å². The highest BCUT2D eigenvalue weighted by atomic mass is 35.5. The minimum absolute atomic E-state index is 0. The fraction of sp³-hybridized carbons (Fsp3) is 0.667. The zero-order valence-electron chi connectivity index (χ0n) is 14.2. The van der Waals surface area contributed by atoms with E-state index in [9.17, 15) is 4.79 Å². The molecule has 24 heavy (non-hydrogen) atoms. The van der Waals surface area contributed by atoms with Crippen LogP contribution in [0.3, 0.4) is 0 Å². The van der Waals surface area contributed by atoms with Crippen LogP contribution in [0.4, 0.5) is 0 Å². The molecule has 136 valence electrons. The molecule has 6 nitrogen and oxygen atoms in total. The number of rotatable bonds is 4. The lowest BCUT2D eigenvalue weighted by atomic mass is 9.97. The molecule has 3 heterocycles. The summed E-state index contributed by atoms with van der Waals surface area (Å²) in [5.74, 6) is 1.33. The molecule has 1 saturated heterocycles. The molecule has 2 aromatic heterocycles. The number of thiazole rings is 1. The molecule has 0 aliphatic carbocycles. The number of aromatic nitrogens is 4. The summed E-state index contributed by atoms with van der Waals surface area (Å²) in [6.45, 7) is 9.22. The minimum atomic E-state index is -0.0125. The average Bonchev–Trinajstić information content (AvgIpc) is 3.00. The number of nitrogens with one attached hydrogen (secondary N) is 1. The van der Waals surface area contributed by atoms with Crippen molar-refractivity contribution in [3.05, 3.63) is 31.9 Å². The molecule has 1 fully saturated rings. The van der Waals surface area contributed by atoms with Crippen molar-refractivity contribution in [2.75, 3.05) is 13.1 Å². The summed E-state index contributed by atoms with van der Waals surface area (Å²) < 4.78 is 3.40. The second kappa shape index (κ2) is 8.99. The summed E-state index contributed by atoms with van der Waals surface area (Å²) in [7, 11) is 0. The number of halogens is 2. The van der Waals surface area contributed by atoms with Gasteiger partial charge >= 0.3 is 5.69 Å². The Labute approximate surface area is 158 Å². The Morgan fingerprint density at radius 1 is 1.25 bits per heavy atom. The summed E-state index contributed by atoms with van der Waals surface area (Å²) in [5.41, 5.74) is 1.03. The first kappa shape index (κ1) is 21.2. The molecule has 1 N–H and O–H groups in total. The highest BCUT2D eigenvalue weighted by molar-refractivity contribution is 7.11. The van der Waals surface area contributed by atoms with Gasteiger partial charge in [-0.1, -0.05) is 0 Å². The summed E-state index contributed by atoms with van der Waals surface area (Å²) >= 11 is 1.65. The maximum absolute atomic E-state index is 12.6. The third kappa shape index (κ3) is 4.20. The van der Waals surface area contributed by atoms with Crippen molar-refractivity contribution in [3.8, 4) is 0 Å². The SMILES string of the molecule is CCn1c(C2CCNCC2)nn(Cc2nc(C)c(C)s2)c1=O.Cl.Cl. The quantitative estimate of drug-likeness (QED) is 0.866. The molecule has 3 rings (SSSR count). The number of piperidine rings is 1. The van der Waals surface area contributed by atoms with E-state index in [0.717, 1.165) is 42.5 Å². The molecule has 0 saturated carbocycles. The highest BCUT2D eigenvalue weighted by Crippen LogP contribution is 2.23. The van der Waals surface area contributed by atoms with Gasteiger partial charge in [0.1, 0.15) is 10.8 Å². The lowest BCUT2D eigenvalue weighted by Gasteiger charge is -2.21. The standard InChI is InChI=1S/C15H23N5OS.2ClH/c1-4-19-14(12-5-7-16-8-6-12)18-20(15(19)21)9-13-17-10(2)11(3)22-13;;/h12,16H,4-9H2,1-3H3;2*1H. The number of hydrogen-bond acceptors (Lipinski definition) is 5. The van der Waals surface area contributed by atoms with E-state index in [0.29, 0.717) is 19.0 Å². The van der Waals surface area contributed by atoms with Gasteiger partial charge in [0, 0.05) is 17.3 Å². The number of nitrogens with zero attached hydrogens (tertiary/aromatic N) is 4. The van der Waals surface area contributed by atoms with Crippen molar-refractivity contribution < 1.29 is 0 Å². The molecular formula is C15H25Cl2N5OS. The third-order valence-electron chi connectivity index (χ3n) is 4.33. The largest absolute Gasteiger partial charge is 0.346 e. The molecule has 1 aliphatic rings. The topological polar surface area (TPSA) is 64.7 Å². The average molecular weight is 394 g/mol. The van der Waals surface area contributed by atoms with Gasteiger partial charge in [-0.05, 0) is 46.7 Å². The van der Waals surface area contributed by atoms with Crippen LogP contribution in [0.15, 0.2) is 4.79 Å². The zero-order chi connectivity index (χ0) is 15.7. The third-order valence-corrected chi connectivity index (χ3v) is 5.39. The molecule has 2 aromatic rings. The van der Waals surface area contributed by atoms with Gasteiger partial charge in [-0.2, -0.15) is 5.10 Å². The summed E-state index contributed by atoms with van der Waals surface area (Å²) in [5, 5.41) is 8.96. The second-order valence-corrected chi connectivity index (χ2v) is 7.10. The monoisotopic (exact) mass is 393 g/mol. The van der Waals surface area contributed by atoms with Crippen LogP contribution in [0, 0.1) is 13.8 Å². The molecule has 0 atom stereocenters. The van der Waals surface area contributed by atoms with Crippen molar-refractivity contribution in [3.63, 3.8) is 0 Å². The van der Waals surface area contributed by atoms with E-state index >= 15 is 0 Å². The van der Waals surface area contributed by atoms with Gasteiger partial charge in [0.25, 0.3) is 0 Å². The van der Waals surface area contributed by atoms with Gasteiger partial charge in [0.2, 0.25) is 0 Å². The molecule has 0 spiro atoms. The Morgan fingerprint density at radius 3 is 2.46 bits per heavy atom.